The minimum atomic E-state index is 0.220. The molecule has 0 unspecified atom stereocenters. The maximum absolute atomic E-state index is 6.08. The Hall–Kier alpha value is -1.00. The summed E-state index contributed by atoms with van der Waals surface area (Å²) in [6, 6.07) is 3.56. The van der Waals surface area contributed by atoms with Crippen LogP contribution in [0.15, 0.2) is 12.1 Å². The molecule has 0 amide bonds. The van der Waals surface area contributed by atoms with Crippen molar-refractivity contribution in [3.05, 3.63) is 22.2 Å². The molecule has 0 N–H and O–H groups in total. The largest absolute Gasteiger partial charge is 0.392 e. The fourth-order valence-electron chi connectivity index (χ4n) is 2.30. The molecule has 0 atom stereocenters. The van der Waals surface area contributed by atoms with Crippen LogP contribution in [0.1, 0.15) is 32.1 Å². The second kappa shape index (κ2) is 4.94. The Kier molecular flexibility index (Phi) is 3.31. The number of nitrogens with zero attached hydrogens (tertiary/aromatic N) is 3. The fraction of sp³-hybridized carbons (Fsp3) is 0.500. The van der Waals surface area contributed by atoms with E-state index in [4.69, 9.17) is 28.0 Å². The monoisotopic (exact) mass is 285 g/mol. The van der Waals surface area contributed by atoms with Gasteiger partial charge in [-0.05, 0) is 43.0 Å². The molecule has 1 aromatic heterocycles. The van der Waals surface area contributed by atoms with Gasteiger partial charge in [0, 0.05) is 0 Å². The molecule has 18 heavy (non-hydrogen) atoms. The molecule has 2 aromatic rings. The van der Waals surface area contributed by atoms with E-state index in [0.717, 1.165) is 18.4 Å². The van der Waals surface area contributed by atoms with E-state index in [1.165, 1.54) is 24.1 Å². The molecular weight excluding hydrogens is 273 g/mol. The van der Waals surface area contributed by atoms with E-state index in [1.807, 2.05) is 6.07 Å². The predicted molar refractivity (Wildman–Crippen MR) is 71.0 cm³/mol. The number of aromatic nitrogens is 3. The number of hydrogen-bond acceptors (Lipinski definition) is 3. The number of benzene rings is 1. The molecule has 3 rings (SSSR count). The Morgan fingerprint density at radius 1 is 1.17 bits per heavy atom. The van der Waals surface area contributed by atoms with Gasteiger partial charge in [0.25, 0.3) is 0 Å². The van der Waals surface area contributed by atoms with Gasteiger partial charge in [0.1, 0.15) is 17.1 Å². The van der Waals surface area contributed by atoms with Gasteiger partial charge in [0.15, 0.2) is 0 Å². The number of hydrogen-bond donors (Lipinski definition) is 0. The maximum atomic E-state index is 6.08. The standard InChI is InChI=1S/C12H13Cl2N3O/c13-9-6-7-10-12(11(9)14)15-16-17(10)18-8-4-2-1-3-5-8/h6-8H,1-5H2. The number of fused-ring (bicyclic) bond motifs is 1. The molecule has 6 heteroatoms. The van der Waals surface area contributed by atoms with Crippen LogP contribution in [-0.4, -0.2) is 21.3 Å². The van der Waals surface area contributed by atoms with Crippen molar-refractivity contribution < 1.29 is 4.84 Å². The van der Waals surface area contributed by atoms with Crippen LogP contribution in [0.2, 0.25) is 10.0 Å². The third-order valence-corrected chi connectivity index (χ3v) is 4.08. The first-order valence-corrected chi connectivity index (χ1v) is 6.88. The highest BCUT2D eigenvalue weighted by molar-refractivity contribution is 6.44. The van der Waals surface area contributed by atoms with Crippen molar-refractivity contribution in [2.24, 2.45) is 0 Å². The molecule has 1 heterocycles. The third-order valence-electron chi connectivity index (χ3n) is 3.28. The molecule has 0 saturated heterocycles. The average molecular weight is 286 g/mol. The quantitative estimate of drug-likeness (QED) is 0.848. The summed E-state index contributed by atoms with van der Waals surface area (Å²) in [5, 5.41) is 8.91. The Bertz CT molecular complexity index is 564. The highest BCUT2D eigenvalue weighted by Crippen LogP contribution is 2.29. The van der Waals surface area contributed by atoms with E-state index in [-0.39, 0.29) is 6.10 Å². The van der Waals surface area contributed by atoms with Crippen molar-refractivity contribution in [3.63, 3.8) is 0 Å². The van der Waals surface area contributed by atoms with Crippen LogP contribution < -0.4 is 4.84 Å². The lowest BCUT2D eigenvalue weighted by molar-refractivity contribution is -0.000258. The van der Waals surface area contributed by atoms with Crippen molar-refractivity contribution in [2.45, 2.75) is 38.2 Å². The summed E-state index contributed by atoms with van der Waals surface area (Å²) in [5.41, 5.74) is 1.34. The lowest BCUT2D eigenvalue weighted by Gasteiger charge is -2.21. The lowest BCUT2D eigenvalue weighted by Crippen LogP contribution is -2.28. The normalized spacial score (nSPS) is 17.2. The fourth-order valence-corrected chi connectivity index (χ4v) is 2.65. The smallest absolute Gasteiger partial charge is 0.137 e. The van der Waals surface area contributed by atoms with Gasteiger partial charge in [-0.3, -0.25) is 0 Å². The Balaban J connectivity index is 1.90. The summed E-state index contributed by atoms with van der Waals surface area (Å²) in [5.74, 6) is 0. The molecule has 0 radical (unpaired) electrons. The highest BCUT2D eigenvalue weighted by Gasteiger charge is 2.18. The van der Waals surface area contributed by atoms with Gasteiger partial charge in [-0.15, -0.1) is 5.10 Å². The van der Waals surface area contributed by atoms with Gasteiger partial charge in [0.05, 0.1) is 10.0 Å². The van der Waals surface area contributed by atoms with E-state index < -0.39 is 0 Å². The average Bonchev–Trinajstić information content (AvgIpc) is 2.79. The minimum absolute atomic E-state index is 0.220. The molecule has 1 saturated carbocycles. The van der Waals surface area contributed by atoms with Gasteiger partial charge in [-0.2, -0.15) is 0 Å². The van der Waals surface area contributed by atoms with Crippen molar-refractivity contribution >= 4 is 34.2 Å². The first-order chi connectivity index (χ1) is 8.75. The number of halogens is 2. The Morgan fingerprint density at radius 3 is 2.72 bits per heavy atom. The molecule has 1 aromatic carbocycles. The second-order valence-corrected chi connectivity index (χ2v) is 5.34. The zero-order chi connectivity index (χ0) is 12.5. The summed E-state index contributed by atoms with van der Waals surface area (Å²) >= 11 is 12.0. The zero-order valence-electron chi connectivity index (χ0n) is 9.77. The first kappa shape index (κ1) is 12.1. The molecule has 0 spiro atoms. The van der Waals surface area contributed by atoms with Crippen LogP contribution in [0.3, 0.4) is 0 Å². The van der Waals surface area contributed by atoms with E-state index in [9.17, 15) is 0 Å². The van der Waals surface area contributed by atoms with E-state index in [0.29, 0.717) is 15.6 Å². The summed E-state index contributed by atoms with van der Waals surface area (Å²) in [6.07, 6.45) is 6.08. The summed E-state index contributed by atoms with van der Waals surface area (Å²) in [6.45, 7) is 0. The maximum Gasteiger partial charge on any atom is 0.137 e. The van der Waals surface area contributed by atoms with Gasteiger partial charge in [-0.1, -0.05) is 34.5 Å². The van der Waals surface area contributed by atoms with Gasteiger partial charge >= 0.3 is 0 Å². The second-order valence-electron chi connectivity index (χ2n) is 4.56. The molecule has 96 valence electrons. The van der Waals surface area contributed by atoms with Crippen molar-refractivity contribution in [2.75, 3.05) is 0 Å². The van der Waals surface area contributed by atoms with Crippen LogP contribution in [0.5, 0.6) is 0 Å². The molecule has 1 aliphatic rings. The van der Waals surface area contributed by atoms with Gasteiger partial charge in [0.2, 0.25) is 0 Å². The highest BCUT2D eigenvalue weighted by atomic mass is 35.5. The summed E-state index contributed by atoms with van der Waals surface area (Å²) in [7, 11) is 0. The number of rotatable bonds is 2. The van der Waals surface area contributed by atoms with Crippen LogP contribution in [0.25, 0.3) is 11.0 Å². The minimum Gasteiger partial charge on any atom is -0.392 e. The molecule has 4 nitrogen and oxygen atoms in total. The summed E-state index contributed by atoms with van der Waals surface area (Å²) in [4.78, 5) is 7.31. The van der Waals surface area contributed by atoms with Crippen molar-refractivity contribution in [1.29, 1.82) is 0 Å². The van der Waals surface area contributed by atoms with Crippen LogP contribution in [-0.2, 0) is 0 Å². The Labute approximate surface area is 115 Å². The summed E-state index contributed by atoms with van der Waals surface area (Å²) < 4.78 is 0. The molecule has 1 fully saturated rings. The third kappa shape index (κ3) is 2.15. The van der Waals surface area contributed by atoms with E-state index in [2.05, 4.69) is 10.3 Å². The van der Waals surface area contributed by atoms with Crippen LogP contribution in [0, 0.1) is 0 Å². The molecule has 0 aliphatic heterocycles. The van der Waals surface area contributed by atoms with E-state index in [1.54, 1.807) is 6.07 Å². The van der Waals surface area contributed by atoms with Crippen molar-refractivity contribution in [3.8, 4) is 0 Å². The molecule has 1 aliphatic carbocycles. The lowest BCUT2D eigenvalue weighted by atomic mass is 9.98. The first-order valence-electron chi connectivity index (χ1n) is 6.12. The van der Waals surface area contributed by atoms with Crippen LogP contribution in [0.4, 0.5) is 0 Å². The SMILES string of the molecule is Clc1ccc2c(nnn2OC2CCCCC2)c1Cl. The molecular formula is C12H13Cl2N3O. The topological polar surface area (TPSA) is 39.9 Å². The van der Waals surface area contributed by atoms with Crippen molar-refractivity contribution in [1.82, 2.24) is 15.2 Å². The van der Waals surface area contributed by atoms with Gasteiger partial charge < -0.3 is 4.84 Å². The Morgan fingerprint density at radius 2 is 1.94 bits per heavy atom. The van der Waals surface area contributed by atoms with Gasteiger partial charge in [-0.25, -0.2) is 0 Å². The van der Waals surface area contributed by atoms with E-state index >= 15 is 0 Å². The predicted octanol–water partition coefficient (Wildman–Crippen LogP) is 3.50. The molecule has 0 bridgehead atoms. The zero-order valence-corrected chi connectivity index (χ0v) is 11.3. The van der Waals surface area contributed by atoms with Crippen LogP contribution >= 0.6 is 23.2 Å².